The van der Waals surface area contributed by atoms with Crippen LogP contribution >= 0.6 is 0 Å². The first kappa shape index (κ1) is 17.1. The number of rotatable bonds is 4. The van der Waals surface area contributed by atoms with Crippen LogP contribution in [-0.2, 0) is 19.4 Å². The Morgan fingerprint density at radius 3 is 2.96 bits per heavy atom. The van der Waals surface area contributed by atoms with E-state index in [0.717, 1.165) is 36.3 Å². The predicted octanol–water partition coefficient (Wildman–Crippen LogP) is 1.96. The number of aryl methyl sites for hydroxylation is 2. The van der Waals surface area contributed by atoms with Crippen molar-refractivity contribution in [2.75, 3.05) is 5.32 Å². The van der Waals surface area contributed by atoms with Crippen LogP contribution in [0.3, 0.4) is 0 Å². The summed E-state index contributed by atoms with van der Waals surface area (Å²) >= 11 is 0. The molecule has 0 atom stereocenters. The lowest BCUT2D eigenvalue weighted by Gasteiger charge is -2.17. The highest BCUT2D eigenvalue weighted by Gasteiger charge is 2.15. The van der Waals surface area contributed by atoms with Gasteiger partial charge in [0, 0.05) is 17.1 Å². The molecule has 2 heterocycles. The highest BCUT2D eigenvalue weighted by atomic mass is 16.2. The van der Waals surface area contributed by atoms with Gasteiger partial charge in [0.2, 0.25) is 0 Å². The van der Waals surface area contributed by atoms with Crippen LogP contribution in [0.25, 0.3) is 5.69 Å². The van der Waals surface area contributed by atoms with Crippen molar-refractivity contribution < 1.29 is 4.79 Å². The Balaban J connectivity index is 1.39. The lowest BCUT2D eigenvalue weighted by atomic mass is 9.95. The second kappa shape index (κ2) is 7.48. The second-order valence-corrected chi connectivity index (χ2v) is 6.47. The molecule has 1 aliphatic carbocycles. The molecule has 138 valence electrons. The third-order valence-corrected chi connectivity index (χ3v) is 4.56. The van der Waals surface area contributed by atoms with E-state index in [1.807, 2.05) is 19.1 Å². The molecule has 0 unspecified atom stereocenters. The first-order chi connectivity index (χ1) is 13.2. The maximum Gasteiger partial charge on any atom is 0.319 e. The maximum absolute atomic E-state index is 12.2. The first-order valence-electron chi connectivity index (χ1n) is 8.92. The monoisotopic (exact) mass is 364 g/mol. The number of anilines is 1. The van der Waals surface area contributed by atoms with Crippen molar-refractivity contribution in [3.05, 3.63) is 53.4 Å². The highest BCUT2D eigenvalue weighted by Crippen LogP contribution is 2.21. The number of amides is 2. The molecule has 0 bridgehead atoms. The fourth-order valence-electron chi connectivity index (χ4n) is 3.26. The molecule has 0 saturated carbocycles. The first-order valence-corrected chi connectivity index (χ1v) is 8.92. The van der Waals surface area contributed by atoms with Crippen molar-refractivity contribution >= 4 is 11.7 Å². The standard InChI is InChI=1S/C18H20N8O/c1-12-15-7-2-3-8-16(15)23-17(21-12)10-19-18(27)22-13-5-4-6-14(9-13)26-11-20-24-25-26/h4-6,9,11H,2-3,7-8,10H2,1H3,(H2,19,22,27). The molecular weight excluding hydrogens is 344 g/mol. The Bertz CT molecular complexity index is 954. The number of benzene rings is 1. The maximum atomic E-state index is 12.2. The lowest BCUT2D eigenvalue weighted by molar-refractivity contribution is 0.251. The molecule has 3 aromatic rings. The SMILES string of the molecule is Cc1nc(CNC(=O)Nc2cccc(-n3cnnn3)c2)nc2c1CCCC2. The van der Waals surface area contributed by atoms with E-state index in [1.54, 1.807) is 12.1 Å². The zero-order valence-electron chi connectivity index (χ0n) is 15.0. The molecule has 2 N–H and O–H groups in total. The van der Waals surface area contributed by atoms with E-state index < -0.39 is 0 Å². The quantitative estimate of drug-likeness (QED) is 0.732. The number of nitrogens with zero attached hydrogens (tertiary/aromatic N) is 6. The van der Waals surface area contributed by atoms with Gasteiger partial charge in [-0.3, -0.25) is 0 Å². The summed E-state index contributed by atoms with van der Waals surface area (Å²) in [6.07, 6.45) is 5.89. The second-order valence-electron chi connectivity index (χ2n) is 6.47. The molecule has 4 rings (SSSR count). The summed E-state index contributed by atoms with van der Waals surface area (Å²) in [6, 6.07) is 6.94. The summed E-state index contributed by atoms with van der Waals surface area (Å²) in [5.41, 5.74) is 4.81. The molecule has 27 heavy (non-hydrogen) atoms. The summed E-state index contributed by atoms with van der Waals surface area (Å²) < 4.78 is 1.52. The number of urea groups is 1. The molecule has 0 radical (unpaired) electrons. The summed E-state index contributed by atoms with van der Waals surface area (Å²) in [5.74, 6) is 0.644. The fraction of sp³-hybridized carbons (Fsp3) is 0.333. The van der Waals surface area contributed by atoms with Crippen molar-refractivity contribution in [2.45, 2.75) is 39.2 Å². The van der Waals surface area contributed by atoms with Crippen molar-refractivity contribution in [1.29, 1.82) is 0 Å². The van der Waals surface area contributed by atoms with Gasteiger partial charge in [-0.2, -0.15) is 0 Å². The highest BCUT2D eigenvalue weighted by molar-refractivity contribution is 5.89. The minimum atomic E-state index is -0.317. The van der Waals surface area contributed by atoms with Gasteiger partial charge in [0.15, 0.2) is 0 Å². The molecule has 0 fully saturated rings. The number of hydrogen-bond donors (Lipinski definition) is 2. The number of fused-ring (bicyclic) bond motifs is 1. The molecule has 1 aliphatic rings. The summed E-state index contributed by atoms with van der Waals surface area (Å²) in [6.45, 7) is 2.30. The lowest BCUT2D eigenvalue weighted by Crippen LogP contribution is -2.29. The number of nitrogens with one attached hydrogen (secondary N) is 2. The molecule has 1 aromatic carbocycles. The van der Waals surface area contributed by atoms with Crippen molar-refractivity contribution in [1.82, 2.24) is 35.5 Å². The van der Waals surface area contributed by atoms with E-state index in [4.69, 9.17) is 0 Å². The summed E-state index contributed by atoms with van der Waals surface area (Å²) in [4.78, 5) is 21.4. The van der Waals surface area contributed by atoms with Crippen molar-refractivity contribution in [2.24, 2.45) is 0 Å². The number of aromatic nitrogens is 6. The van der Waals surface area contributed by atoms with Gasteiger partial charge < -0.3 is 10.6 Å². The number of tetrazole rings is 1. The molecule has 0 aliphatic heterocycles. The van der Waals surface area contributed by atoms with Crippen molar-refractivity contribution in [3.63, 3.8) is 0 Å². The average molecular weight is 364 g/mol. The molecule has 2 aromatic heterocycles. The smallest absolute Gasteiger partial charge is 0.319 e. The van der Waals surface area contributed by atoms with Gasteiger partial charge in [0.1, 0.15) is 12.2 Å². The van der Waals surface area contributed by atoms with Crippen LogP contribution in [0.5, 0.6) is 0 Å². The van der Waals surface area contributed by atoms with E-state index in [0.29, 0.717) is 11.5 Å². The Hall–Kier alpha value is -3.36. The molecule has 0 spiro atoms. The molecule has 9 heteroatoms. The summed E-state index contributed by atoms with van der Waals surface area (Å²) in [7, 11) is 0. The third-order valence-electron chi connectivity index (χ3n) is 4.56. The molecular formula is C18H20N8O. The van der Waals surface area contributed by atoms with Gasteiger partial charge in [-0.1, -0.05) is 6.07 Å². The predicted molar refractivity (Wildman–Crippen MR) is 98.4 cm³/mol. The van der Waals surface area contributed by atoms with E-state index in [9.17, 15) is 4.79 Å². The third kappa shape index (κ3) is 3.91. The number of carbonyl (C=O) groups is 1. The number of hydrogen-bond acceptors (Lipinski definition) is 6. The Kier molecular flexibility index (Phi) is 4.73. The fourth-order valence-corrected chi connectivity index (χ4v) is 3.26. The van der Waals surface area contributed by atoms with Crippen LogP contribution in [0.2, 0.25) is 0 Å². The van der Waals surface area contributed by atoms with Crippen LogP contribution < -0.4 is 10.6 Å². The van der Waals surface area contributed by atoms with Gasteiger partial charge in [-0.15, -0.1) is 5.10 Å². The van der Waals surface area contributed by atoms with E-state index in [2.05, 4.69) is 36.1 Å². The minimum absolute atomic E-state index is 0.284. The van der Waals surface area contributed by atoms with Crippen LogP contribution in [0.1, 0.15) is 35.6 Å². The van der Waals surface area contributed by atoms with Crippen LogP contribution in [-0.4, -0.2) is 36.2 Å². The van der Waals surface area contributed by atoms with Crippen LogP contribution in [0.15, 0.2) is 30.6 Å². The van der Waals surface area contributed by atoms with E-state index >= 15 is 0 Å². The van der Waals surface area contributed by atoms with Gasteiger partial charge in [0.25, 0.3) is 0 Å². The Morgan fingerprint density at radius 1 is 1.22 bits per heavy atom. The van der Waals surface area contributed by atoms with Crippen LogP contribution in [0, 0.1) is 6.92 Å². The normalized spacial score (nSPS) is 13.1. The minimum Gasteiger partial charge on any atom is -0.331 e. The molecule has 9 nitrogen and oxygen atoms in total. The van der Waals surface area contributed by atoms with E-state index in [-0.39, 0.29) is 12.6 Å². The Labute approximate surface area is 156 Å². The average Bonchev–Trinajstić information content (AvgIpc) is 3.22. The van der Waals surface area contributed by atoms with Crippen molar-refractivity contribution in [3.8, 4) is 5.69 Å². The van der Waals surface area contributed by atoms with Gasteiger partial charge in [0.05, 0.1) is 12.2 Å². The zero-order valence-corrected chi connectivity index (χ0v) is 15.0. The van der Waals surface area contributed by atoms with E-state index in [1.165, 1.54) is 23.0 Å². The van der Waals surface area contributed by atoms with Gasteiger partial charge >= 0.3 is 6.03 Å². The zero-order chi connectivity index (χ0) is 18.6. The van der Waals surface area contributed by atoms with Gasteiger partial charge in [-0.05, 0) is 66.8 Å². The Morgan fingerprint density at radius 2 is 2.11 bits per heavy atom. The largest absolute Gasteiger partial charge is 0.331 e. The number of carbonyl (C=O) groups excluding carboxylic acids is 1. The molecule has 0 saturated heterocycles. The van der Waals surface area contributed by atoms with Crippen LogP contribution in [0.4, 0.5) is 10.5 Å². The topological polar surface area (TPSA) is 111 Å². The summed E-state index contributed by atoms with van der Waals surface area (Å²) in [5, 5.41) is 16.7. The van der Waals surface area contributed by atoms with Gasteiger partial charge in [-0.25, -0.2) is 19.4 Å². The molecule has 2 amide bonds.